The fraction of sp³-hybridized carbons (Fsp3) is 0.368. The molecule has 5 heteroatoms. The molecule has 124 valence electrons. The lowest BCUT2D eigenvalue weighted by molar-refractivity contribution is 0.272. The van der Waals surface area contributed by atoms with E-state index in [1.165, 1.54) is 29.1 Å². The molecule has 0 aliphatic carbocycles. The maximum absolute atomic E-state index is 6.27. The second-order valence-corrected chi connectivity index (χ2v) is 7.92. The van der Waals surface area contributed by atoms with Gasteiger partial charge in [0.2, 0.25) is 0 Å². The van der Waals surface area contributed by atoms with Crippen molar-refractivity contribution in [3.63, 3.8) is 0 Å². The largest absolute Gasteiger partial charge is 0.300 e. The zero-order chi connectivity index (χ0) is 16.5. The van der Waals surface area contributed by atoms with E-state index in [2.05, 4.69) is 35.0 Å². The van der Waals surface area contributed by atoms with Crippen molar-refractivity contribution in [2.24, 2.45) is 0 Å². The molecule has 0 N–H and O–H groups in total. The molecule has 3 heterocycles. The summed E-state index contributed by atoms with van der Waals surface area (Å²) >= 11 is 8.06. The molecular formula is C19H20ClN3S. The number of hydrogen-bond acceptors (Lipinski definition) is 4. The average molecular weight is 358 g/mol. The van der Waals surface area contributed by atoms with Gasteiger partial charge in [-0.15, -0.1) is 11.3 Å². The van der Waals surface area contributed by atoms with E-state index in [0.717, 1.165) is 35.8 Å². The lowest BCUT2D eigenvalue weighted by Gasteiger charge is -2.19. The van der Waals surface area contributed by atoms with Crippen molar-refractivity contribution in [1.29, 1.82) is 0 Å². The smallest absolute Gasteiger partial charge is 0.0951 e. The van der Waals surface area contributed by atoms with Crippen LogP contribution in [0.3, 0.4) is 0 Å². The predicted molar refractivity (Wildman–Crippen MR) is 102 cm³/mol. The van der Waals surface area contributed by atoms with Crippen LogP contribution in [-0.2, 0) is 6.42 Å². The van der Waals surface area contributed by atoms with Crippen LogP contribution in [0.15, 0.2) is 36.5 Å². The lowest BCUT2D eigenvalue weighted by Crippen LogP contribution is -2.28. The number of rotatable bonds is 4. The summed E-state index contributed by atoms with van der Waals surface area (Å²) in [6.45, 7) is 4.67. The standard InChI is InChI=1S/C19H20ClN3S/c1-13-4-3-10-23(13)11-8-18-22-16-7-6-14(12-17(16)24-18)19-15(20)5-2-9-21-19/h2,5-7,9,12-13H,3-4,8,10-11H2,1H3/t13-/m1/s1. The second kappa shape index (κ2) is 6.79. The van der Waals surface area contributed by atoms with Gasteiger partial charge in [0, 0.05) is 30.8 Å². The number of hydrogen-bond donors (Lipinski definition) is 0. The number of nitrogens with zero attached hydrogens (tertiary/aromatic N) is 3. The van der Waals surface area contributed by atoms with Crippen molar-refractivity contribution in [2.45, 2.75) is 32.2 Å². The number of fused-ring (bicyclic) bond motifs is 1. The third-order valence-corrected chi connectivity index (χ3v) is 6.15. The summed E-state index contributed by atoms with van der Waals surface area (Å²) in [6.07, 6.45) is 5.47. The van der Waals surface area contributed by atoms with Crippen LogP contribution in [0.5, 0.6) is 0 Å². The van der Waals surface area contributed by atoms with E-state index in [4.69, 9.17) is 16.6 Å². The van der Waals surface area contributed by atoms with E-state index in [-0.39, 0.29) is 0 Å². The first-order valence-corrected chi connectivity index (χ1v) is 9.64. The fourth-order valence-electron chi connectivity index (χ4n) is 3.39. The molecule has 3 nitrogen and oxygen atoms in total. The first-order valence-electron chi connectivity index (χ1n) is 8.45. The van der Waals surface area contributed by atoms with Gasteiger partial charge < -0.3 is 4.90 Å². The van der Waals surface area contributed by atoms with Crippen LogP contribution in [0.2, 0.25) is 5.02 Å². The van der Waals surface area contributed by atoms with Gasteiger partial charge in [-0.3, -0.25) is 4.98 Å². The molecule has 0 bridgehead atoms. The molecule has 3 aromatic rings. The SMILES string of the molecule is C[C@@H]1CCCN1CCc1nc2ccc(-c3ncccc3Cl)cc2s1. The maximum atomic E-state index is 6.27. The number of thiazole rings is 1. The number of pyridine rings is 1. The van der Waals surface area contributed by atoms with Gasteiger partial charge in [-0.2, -0.15) is 0 Å². The molecule has 1 atom stereocenters. The van der Waals surface area contributed by atoms with Gasteiger partial charge in [-0.25, -0.2) is 4.98 Å². The highest BCUT2D eigenvalue weighted by molar-refractivity contribution is 7.18. The van der Waals surface area contributed by atoms with Crippen molar-refractivity contribution >= 4 is 33.2 Å². The van der Waals surface area contributed by atoms with Crippen molar-refractivity contribution in [2.75, 3.05) is 13.1 Å². The summed E-state index contributed by atoms with van der Waals surface area (Å²) in [4.78, 5) is 11.8. The Balaban J connectivity index is 1.56. The number of aromatic nitrogens is 2. The predicted octanol–water partition coefficient (Wildman–Crippen LogP) is 5.04. The lowest BCUT2D eigenvalue weighted by atomic mass is 10.1. The number of halogens is 1. The highest BCUT2D eigenvalue weighted by Crippen LogP contribution is 2.31. The molecule has 24 heavy (non-hydrogen) atoms. The Kier molecular flexibility index (Phi) is 4.53. The zero-order valence-electron chi connectivity index (χ0n) is 13.7. The minimum Gasteiger partial charge on any atom is -0.300 e. The molecule has 0 spiro atoms. The Morgan fingerprint density at radius 2 is 2.25 bits per heavy atom. The van der Waals surface area contributed by atoms with E-state index in [1.54, 1.807) is 17.5 Å². The summed E-state index contributed by atoms with van der Waals surface area (Å²) in [5.41, 5.74) is 2.96. The molecule has 1 aliphatic heterocycles. The Bertz CT molecular complexity index is 861. The van der Waals surface area contributed by atoms with E-state index < -0.39 is 0 Å². The summed E-state index contributed by atoms with van der Waals surface area (Å²) in [5, 5.41) is 1.90. The van der Waals surface area contributed by atoms with E-state index >= 15 is 0 Å². The van der Waals surface area contributed by atoms with E-state index in [1.807, 2.05) is 12.1 Å². The molecule has 0 saturated carbocycles. The molecule has 1 fully saturated rings. The monoisotopic (exact) mass is 357 g/mol. The van der Waals surface area contributed by atoms with Crippen LogP contribution in [-0.4, -0.2) is 34.0 Å². The average Bonchev–Trinajstić information content (AvgIpc) is 3.18. The topological polar surface area (TPSA) is 29.0 Å². The van der Waals surface area contributed by atoms with Crippen molar-refractivity contribution in [3.8, 4) is 11.3 Å². The summed E-state index contributed by atoms with van der Waals surface area (Å²) in [5.74, 6) is 0. The molecule has 0 radical (unpaired) electrons. The molecule has 1 aromatic carbocycles. The van der Waals surface area contributed by atoms with E-state index in [9.17, 15) is 0 Å². The first kappa shape index (κ1) is 16.0. The minimum absolute atomic E-state index is 0.685. The van der Waals surface area contributed by atoms with Gasteiger partial charge >= 0.3 is 0 Å². The number of likely N-dealkylation sites (tertiary alicyclic amines) is 1. The van der Waals surface area contributed by atoms with Crippen LogP contribution in [0.25, 0.3) is 21.5 Å². The minimum atomic E-state index is 0.685. The van der Waals surface area contributed by atoms with Gasteiger partial charge in [0.25, 0.3) is 0 Å². The van der Waals surface area contributed by atoms with Gasteiger partial charge in [0.1, 0.15) is 0 Å². The van der Waals surface area contributed by atoms with E-state index in [0.29, 0.717) is 5.02 Å². The van der Waals surface area contributed by atoms with Crippen LogP contribution in [0, 0.1) is 0 Å². The van der Waals surface area contributed by atoms with Crippen molar-refractivity contribution < 1.29 is 0 Å². The first-order chi connectivity index (χ1) is 11.7. The summed E-state index contributed by atoms with van der Waals surface area (Å²) in [6, 6.07) is 10.7. The van der Waals surface area contributed by atoms with Crippen LogP contribution >= 0.6 is 22.9 Å². The maximum Gasteiger partial charge on any atom is 0.0951 e. The third-order valence-electron chi connectivity index (χ3n) is 4.77. The van der Waals surface area contributed by atoms with Gasteiger partial charge in [-0.05, 0) is 50.6 Å². The van der Waals surface area contributed by atoms with Gasteiger partial charge in [-0.1, -0.05) is 17.7 Å². The molecule has 1 saturated heterocycles. The quantitative estimate of drug-likeness (QED) is 0.655. The third kappa shape index (κ3) is 3.18. The normalized spacial score (nSPS) is 18.5. The molecule has 0 unspecified atom stereocenters. The molecular weight excluding hydrogens is 338 g/mol. The van der Waals surface area contributed by atoms with Crippen LogP contribution in [0.1, 0.15) is 24.8 Å². The molecule has 0 amide bonds. The molecule has 4 rings (SSSR count). The van der Waals surface area contributed by atoms with Crippen molar-refractivity contribution in [3.05, 3.63) is 46.6 Å². The Labute approximate surface area is 151 Å². The number of benzene rings is 1. The Hall–Kier alpha value is -1.49. The Morgan fingerprint density at radius 1 is 1.33 bits per heavy atom. The Morgan fingerprint density at radius 3 is 3.04 bits per heavy atom. The zero-order valence-corrected chi connectivity index (χ0v) is 15.3. The highest BCUT2D eigenvalue weighted by atomic mass is 35.5. The van der Waals surface area contributed by atoms with Crippen LogP contribution in [0.4, 0.5) is 0 Å². The second-order valence-electron chi connectivity index (χ2n) is 6.40. The highest BCUT2D eigenvalue weighted by Gasteiger charge is 2.20. The molecule has 2 aromatic heterocycles. The van der Waals surface area contributed by atoms with Gasteiger partial charge in [0.15, 0.2) is 0 Å². The van der Waals surface area contributed by atoms with Gasteiger partial charge in [0.05, 0.1) is 25.9 Å². The molecule has 1 aliphatic rings. The fourth-order valence-corrected chi connectivity index (χ4v) is 4.61. The summed E-state index contributed by atoms with van der Waals surface area (Å²) in [7, 11) is 0. The van der Waals surface area contributed by atoms with Crippen molar-refractivity contribution in [1.82, 2.24) is 14.9 Å². The van der Waals surface area contributed by atoms with Crippen LogP contribution < -0.4 is 0 Å². The summed E-state index contributed by atoms with van der Waals surface area (Å²) < 4.78 is 1.21.